The van der Waals surface area contributed by atoms with E-state index in [1.807, 2.05) is 13.8 Å². The molecule has 0 atom stereocenters. The molecule has 1 rings (SSSR count). The fourth-order valence-corrected chi connectivity index (χ4v) is 2.88. The number of ether oxygens (including phenoxy) is 1. The van der Waals surface area contributed by atoms with E-state index in [4.69, 9.17) is 10.5 Å². The van der Waals surface area contributed by atoms with Crippen LogP contribution in [0, 0.1) is 13.8 Å². The highest BCUT2D eigenvalue weighted by molar-refractivity contribution is 7.89. The molecule has 0 aliphatic heterocycles. The summed E-state index contributed by atoms with van der Waals surface area (Å²) in [7, 11) is -1.91. The van der Waals surface area contributed by atoms with E-state index in [9.17, 15) is 8.42 Å². The summed E-state index contributed by atoms with van der Waals surface area (Å²) in [5.41, 5.74) is 6.86. The maximum atomic E-state index is 11.9. The minimum Gasteiger partial charge on any atom is -0.496 e. The lowest BCUT2D eigenvalue weighted by molar-refractivity contribution is 0.408. The van der Waals surface area contributed by atoms with E-state index < -0.39 is 10.0 Å². The summed E-state index contributed by atoms with van der Waals surface area (Å²) in [6.07, 6.45) is 0. The van der Waals surface area contributed by atoms with Crippen LogP contribution in [0.25, 0.3) is 0 Å². The van der Waals surface area contributed by atoms with Crippen molar-refractivity contribution >= 4 is 10.0 Å². The number of nitrogens with one attached hydrogen (secondary N) is 1. The molecule has 0 saturated heterocycles. The van der Waals surface area contributed by atoms with Crippen LogP contribution < -0.4 is 15.2 Å². The molecule has 0 bridgehead atoms. The van der Waals surface area contributed by atoms with Crippen LogP contribution in [0.4, 0.5) is 0 Å². The van der Waals surface area contributed by atoms with Crippen molar-refractivity contribution in [3.63, 3.8) is 0 Å². The number of methoxy groups -OCH3 is 1. The molecule has 5 nitrogen and oxygen atoms in total. The second-order valence-electron chi connectivity index (χ2n) is 3.78. The van der Waals surface area contributed by atoms with E-state index in [-0.39, 0.29) is 18.0 Å². The Kier molecular flexibility index (Phi) is 4.50. The first-order chi connectivity index (χ1) is 7.92. The van der Waals surface area contributed by atoms with Gasteiger partial charge in [0, 0.05) is 13.1 Å². The van der Waals surface area contributed by atoms with Crippen LogP contribution in [0.2, 0.25) is 0 Å². The van der Waals surface area contributed by atoms with Crippen molar-refractivity contribution in [1.29, 1.82) is 0 Å². The first-order valence-corrected chi connectivity index (χ1v) is 6.75. The second-order valence-corrected chi connectivity index (χ2v) is 5.54. The van der Waals surface area contributed by atoms with Crippen LogP contribution in [0.3, 0.4) is 0 Å². The van der Waals surface area contributed by atoms with E-state index in [1.165, 1.54) is 0 Å². The molecule has 6 heteroatoms. The quantitative estimate of drug-likeness (QED) is 0.808. The highest BCUT2D eigenvalue weighted by atomic mass is 32.2. The predicted molar refractivity (Wildman–Crippen MR) is 66.7 cm³/mol. The third-order valence-electron chi connectivity index (χ3n) is 2.38. The van der Waals surface area contributed by atoms with Crippen LogP contribution in [0.1, 0.15) is 11.1 Å². The van der Waals surface area contributed by atoms with Gasteiger partial charge in [0.25, 0.3) is 0 Å². The molecule has 0 aromatic heterocycles. The summed E-state index contributed by atoms with van der Waals surface area (Å²) in [5.74, 6) is 0.711. The largest absolute Gasteiger partial charge is 0.496 e. The molecule has 0 heterocycles. The monoisotopic (exact) mass is 258 g/mol. The zero-order valence-electron chi connectivity index (χ0n) is 10.3. The van der Waals surface area contributed by atoms with Gasteiger partial charge in [-0.05, 0) is 37.1 Å². The molecule has 0 aliphatic carbocycles. The van der Waals surface area contributed by atoms with Gasteiger partial charge in [-0.1, -0.05) is 0 Å². The van der Waals surface area contributed by atoms with Crippen molar-refractivity contribution in [2.75, 3.05) is 20.2 Å². The molecular weight excluding hydrogens is 240 g/mol. The van der Waals surface area contributed by atoms with Crippen molar-refractivity contribution in [2.24, 2.45) is 5.73 Å². The molecule has 0 radical (unpaired) electrons. The molecule has 17 heavy (non-hydrogen) atoms. The number of sulfonamides is 1. The fraction of sp³-hybridized carbons (Fsp3) is 0.455. The molecule has 0 aliphatic rings. The Balaban J connectivity index is 3.16. The first kappa shape index (κ1) is 14.0. The number of hydrogen-bond donors (Lipinski definition) is 2. The first-order valence-electron chi connectivity index (χ1n) is 5.27. The van der Waals surface area contributed by atoms with Gasteiger partial charge in [0.2, 0.25) is 10.0 Å². The SMILES string of the molecule is COc1c(C)cc(S(=O)(=O)NCCN)cc1C. The van der Waals surface area contributed by atoms with E-state index in [0.29, 0.717) is 5.75 Å². The van der Waals surface area contributed by atoms with E-state index in [1.54, 1.807) is 19.2 Å². The molecular formula is C11H18N2O3S. The summed E-state index contributed by atoms with van der Waals surface area (Å²) in [4.78, 5) is 0.238. The normalized spacial score (nSPS) is 11.5. The van der Waals surface area contributed by atoms with Gasteiger partial charge in [-0.2, -0.15) is 0 Å². The van der Waals surface area contributed by atoms with Crippen molar-refractivity contribution in [2.45, 2.75) is 18.7 Å². The minimum absolute atomic E-state index is 0.229. The molecule has 1 aromatic carbocycles. The van der Waals surface area contributed by atoms with E-state index in [0.717, 1.165) is 11.1 Å². The Hall–Kier alpha value is -1.11. The summed E-state index contributed by atoms with van der Waals surface area (Å²) >= 11 is 0. The van der Waals surface area contributed by atoms with E-state index in [2.05, 4.69) is 4.72 Å². The lowest BCUT2D eigenvalue weighted by atomic mass is 10.1. The van der Waals surface area contributed by atoms with Crippen LogP contribution in [0.5, 0.6) is 5.75 Å². The third kappa shape index (κ3) is 3.18. The lowest BCUT2D eigenvalue weighted by Gasteiger charge is -2.12. The Morgan fingerprint density at radius 3 is 2.24 bits per heavy atom. The van der Waals surface area contributed by atoms with Gasteiger partial charge in [-0.25, -0.2) is 13.1 Å². The fourth-order valence-electron chi connectivity index (χ4n) is 1.66. The number of rotatable bonds is 5. The zero-order valence-corrected chi connectivity index (χ0v) is 11.1. The highest BCUT2D eigenvalue weighted by Gasteiger charge is 2.16. The Morgan fingerprint density at radius 2 is 1.82 bits per heavy atom. The van der Waals surface area contributed by atoms with E-state index >= 15 is 0 Å². The Bertz CT molecular complexity index is 474. The van der Waals surface area contributed by atoms with Gasteiger partial charge in [0.15, 0.2) is 0 Å². The molecule has 1 aromatic rings. The van der Waals surface area contributed by atoms with Crippen LogP contribution >= 0.6 is 0 Å². The second kappa shape index (κ2) is 5.48. The standard InChI is InChI=1S/C11H18N2O3S/c1-8-6-10(7-9(2)11(8)16-3)17(14,15)13-5-4-12/h6-7,13H,4-5,12H2,1-3H3. The van der Waals surface area contributed by atoms with Gasteiger partial charge in [0.1, 0.15) is 5.75 Å². The number of benzene rings is 1. The summed E-state index contributed by atoms with van der Waals surface area (Å²) < 4.78 is 31.4. The zero-order chi connectivity index (χ0) is 13.1. The average Bonchev–Trinajstić information content (AvgIpc) is 2.26. The van der Waals surface area contributed by atoms with Crippen molar-refractivity contribution in [3.8, 4) is 5.75 Å². The molecule has 0 spiro atoms. The van der Waals surface area contributed by atoms with Crippen LogP contribution in [0.15, 0.2) is 17.0 Å². The van der Waals surface area contributed by atoms with Gasteiger partial charge in [-0.3, -0.25) is 0 Å². The maximum Gasteiger partial charge on any atom is 0.240 e. The molecule has 0 fully saturated rings. The maximum absolute atomic E-state index is 11.9. The Morgan fingerprint density at radius 1 is 1.29 bits per heavy atom. The molecule has 3 N–H and O–H groups in total. The summed E-state index contributed by atoms with van der Waals surface area (Å²) in [6, 6.07) is 3.18. The molecule has 0 unspecified atom stereocenters. The van der Waals surface area contributed by atoms with Gasteiger partial charge < -0.3 is 10.5 Å². The molecule has 0 amide bonds. The summed E-state index contributed by atoms with van der Waals surface area (Å²) in [5, 5.41) is 0. The van der Waals surface area contributed by atoms with Crippen LogP contribution in [-0.4, -0.2) is 28.6 Å². The van der Waals surface area contributed by atoms with Crippen molar-refractivity contribution < 1.29 is 13.2 Å². The smallest absolute Gasteiger partial charge is 0.240 e. The highest BCUT2D eigenvalue weighted by Crippen LogP contribution is 2.26. The number of nitrogens with two attached hydrogens (primary N) is 1. The molecule has 0 saturated carbocycles. The lowest BCUT2D eigenvalue weighted by Crippen LogP contribution is -2.29. The number of aryl methyl sites for hydroxylation is 2. The predicted octanol–water partition coefficient (Wildman–Crippen LogP) is 0.549. The Labute approximate surface area is 102 Å². The average molecular weight is 258 g/mol. The van der Waals surface area contributed by atoms with Crippen molar-refractivity contribution in [1.82, 2.24) is 4.72 Å². The molecule has 96 valence electrons. The third-order valence-corrected chi connectivity index (χ3v) is 3.83. The number of hydrogen-bond acceptors (Lipinski definition) is 4. The van der Waals surface area contributed by atoms with Gasteiger partial charge in [0.05, 0.1) is 12.0 Å². The van der Waals surface area contributed by atoms with Crippen molar-refractivity contribution in [3.05, 3.63) is 23.3 Å². The summed E-state index contributed by atoms with van der Waals surface area (Å²) in [6.45, 7) is 4.13. The van der Waals surface area contributed by atoms with Gasteiger partial charge in [-0.15, -0.1) is 0 Å². The van der Waals surface area contributed by atoms with Gasteiger partial charge >= 0.3 is 0 Å². The van der Waals surface area contributed by atoms with Crippen LogP contribution in [-0.2, 0) is 10.0 Å². The topological polar surface area (TPSA) is 81.4 Å². The minimum atomic E-state index is -3.48.